The Kier molecular flexibility index (Phi) is 5.45. The van der Waals surface area contributed by atoms with Crippen molar-refractivity contribution in [1.82, 2.24) is 0 Å². The zero-order valence-corrected chi connectivity index (χ0v) is 12.7. The van der Waals surface area contributed by atoms with E-state index in [0.29, 0.717) is 6.42 Å². The molecule has 0 aliphatic rings. The maximum absolute atomic E-state index is 11.9. The second-order valence-electron chi connectivity index (χ2n) is 4.45. The van der Waals surface area contributed by atoms with Gasteiger partial charge in [-0.2, -0.15) is 0 Å². The summed E-state index contributed by atoms with van der Waals surface area (Å²) >= 11 is 0. The number of hydrogen-bond donors (Lipinski definition) is 2. The quantitative estimate of drug-likeness (QED) is 0.815. The minimum Gasteiger partial charge on any atom is -0.478 e. The molecule has 1 unspecified atom stereocenters. The fraction of sp³-hybridized carbons (Fsp3) is 0.385. The van der Waals surface area contributed by atoms with E-state index in [9.17, 15) is 18.0 Å². The van der Waals surface area contributed by atoms with Gasteiger partial charge in [-0.25, -0.2) is 13.2 Å². The van der Waals surface area contributed by atoms with Gasteiger partial charge < -0.3 is 15.2 Å². The molecule has 0 radical (unpaired) electrons. The number of benzene rings is 1. The van der Waals surface area contributed by atoms with Crippen LogP contribution in [0.5, 0.6) is 0 Å². The van der Waals surface area contributed by atoms with Crippen molar-refractivity contribution in [3.8, 4) is 0 Å². The third kappa shape index (κ3) is 4.54. The number of nitrogens with one attached hydrogen (secondary N) is 1. The largest absolute Gasteiger partial charge is 0.478 e. The van der Waals surface area contributed by atoms with Crippen LogP contribution < -0.4 is 5.32 Å². The van der Waals surface area contributed by atoms with E-state index in [1.165, 1.54) is 19.2 Å². The number of anilines is 1. The highest BCUT2D eigenvalue weighted by molar-refractivity contribution is 7.90. The topological polar surface area (TPSA) is 110 Å². The minimum atomic E-state index is -3.59. The van der Waals surface area contributed by atoms with Gasteiger partial charge in [-0.1, -0.05) is 6.92 Å². The van der Waals surface area contributed by atoms with Crippen molar-refractivity contribution in [2.45, 2.75) is 24.3 Å². The summed E-state index contributed by atoms with van der Waals surface area (Å²) in [5.41, 5.74) is -0.130. The summed E-state index contributed by atoms with van der Waals surface area (Å²) in [5.74, 6) is -1.75. The van der Waals surface area contributed by atoms with Gasteiger partial charge >= 0.3 is 5.97 Å². The van der Waals surface area contributed by atoms with Crippen LogP contribution in [-0.4, -0.2) is 44.9 Å². The summed E-state index contributed by atoms with van der Waals surface area (Å²) in [7, 11) is -2.22. The summed E-state index contributed by atoms with van der Waals surface area (Å²) in [5, 5.41) is 11.5. The second kappa shape index (κ2) is 6.68. The predicted octanol–water partition coefficient (Wildman–Crippen LogP) is 1.15. The number of aromatic carboxylic acids is 1. The van der Waals surface area contributed by atoms with Crippen LogP contribution in [0.15, 0.2) is 23.1 Å². The Balaban J connectivity index is 3.21. The normalized spacial score (nSPS) is 12.7. The summed E-state index contributed by atoms with van der Waals surface area (Å²) in [6.07, 6.45) is 0.698. The molecule has 0 heterocycles. The molecule has 2 N–H and O–H groups in total. The number of rotatable bonds is 6. The molecule has 0 aromatic heterocycles. The Bertz CT molecular complexity index is 649. The van der Waals surface area contributed by atoms with Gasteiger partial charge in [0.1, 0.15) is 6.10 Å². The third-order valence-corrected chi connectivity index (χ3v) is 3.89. The number of carboxylic acid groups (broad SMARTS) is 1. The fourth-order valence-electron chi connectivity index (χ4n) is 1.69. The average Bonchev–Trinajstić information content (AvgIpc) is 2.38. The number of methoxy groups -OCH3 is 1. The van der Waals surface area contributed by atoms with E-state index in [1.807, 2.05) is 0 Å². The fourth-order valence-corrected chi connectivity index (χ4v) is 2.37. The van der Waals surface area contributed by atoms with Gasteiger partial charge in [0.25, 0.3) is 5.91 Å². The van der Waals surface area contributed by atoms with Crippen LogP contribution in [0.4, 0.5) is 5.69 Å². The molecule has 0 fully saturated rings. The molecule has 21 heavy (non-hydrogen) atoms. The molecule has 7 nitrogen and oxygen atoms in total. The minimum absolute atomic E-state index is 0.0934. The van der Waals surface area contributed by atoms with Crippen LogP contribution in [0.3, 0.4) is 0 Å². The van der Waals surface area contributed by atoms with E-state index in [0.717, 1.165) is 12.3 Å². The van der Waals surface area contributed by atoms with Gasteiger partial charge in [-0.3, -0.25) is 4.79 Å². The van der Waals surface area contributed by atoms with Crippen molar-refractivity contribution in [2.75, 3.05) is 18.7 Å². The number of amides is 1. The van der Waals surface area contributed by atoms with Crippen molar-refractivity contribution in [2.24, 2.45) is 0 Å². The molecule has 1 aromatic rings. The molecule has 0 aliphatic heterocycles. The van der Waals surface area contributed by atoms with E-state index >= 15 is 0 Å². The molecular weight excluding hydrogens is 298 g/mol. The van der Waals surface area contributed by atoms with Gasteiger partial charge in [-0.15, -0.1) is 0 Å². The van der Waals surface area contributed by atoms with Crippen molar-refractivity contribution >= 4 is 27.4 Å². The first kappa shape index (κ1) is 17.1. The van der Waals surface area contributed by atoms with Crippen molar-refractivity contribution in [3.05, 3.63) is 23.8 Å². The van der Waals surface area contributed by atoms with Gasteiger partial charge in [0, 0.05) is 19.1 Å². The van der Waals surface area contributed by atoms with Gasteiger partial charge in [0.15, 0.2) is 9.84 Å². The predicted molar refractivity (Wildman–Crippen MR) is 76.2 cm³/mol. The number of hydrogen-bond acceptors (Lipinski definition) is 5. The van der Waals surface area contributed by atoms with Crippen molar-refractivity contribution < 1.29 is 27.9 Å². The summed E-state index contributed by atoms with van der Waals surface area (Å²) < 4.78 is 28.1. The third-order valence-electron chi connectivity index (χ3n) is 2.80. The van der Waals surface area contributed by atoms with E-state index in [4.69, 9.17) is 9.84 Å². The second-order valence-corrected chi connectivity index (χ2v) is 6.46. The lowest BCUT2D eigenvalue weighted by Crippen LogP contribution is -2.29. The highest BCUT2D eigenvalue weighted by Gasteiger charge is 2.18. The molecule has 1 aromatic carbocycles. The molecule has 0 saturated heterocycles. The number of carbonyl (C=O) groups excluding carboxylic acids is 1. The van der Waals surface area contributed by atoms with Gasteiger partial charge in [-0.05, 0) is 24.6 Å². The zero-order chi connectivity index (χ0) is 16.2. The highest BCUT2D eigenvalue weighted by Crippen LogP contribution is 2.20. The highest BCUT2D eigenvalue weighted by atomic mass is 32.2. The molecule has 0 spiro atoms. The van der Waals surface area contributed by atoms with Crippen LogP contribution in [0.25, 0.3) is 0 Å². The average molecular weight is 315 g/mol. The smallest absolute Gasteiger partial charge is 0.335 e. The molecule has 0 aliphatic carbocycles. The lowest BCUT2D eigenvalue weighted by molar-refractivity contribution is -0.125. The van der Waals surface area contributed by atoms with Crippen LogP contribution in [0, 0.1) is 0 Å². The Morgan fingerprint density at radius 3 is 2.38 bits per heavy atom. The summed E-state index contributed by atoms with van der Waals surface area (Å²) in [4.78, 5) is 22.7. The Hall–Kier alpha value is -1.93. The number of carboxylic acids is 1. The monoisotopic (exact) mass is 315 g/mol. The molecule has 1 atom stereocenters. The molecule has 1 amide bonds. The van der Waals surface area contributed by atoms with Gasteiger partial charge in [0.2, 0.25) is 0 Å². The molecule has 8 heteroatoms. The first-order chi connectivity index (χ1) is 9.68. The molecule has 0 saturated carbocycles. The summed E-state index contributed by atoms with van der Waals surface area (Å²) in [6.45, 7) is 1.75. The van der Waals surface area contributed by atoms with Crippen LogP contribution in [0.1, 0.15) is 23.7 Å². The number of carbonyl (C=O) groups is 2. The first-order valence-electron chi connectivity index (χ1n) is 6.11. The van der Waals surface area contributed by atoms with E-state index in [1.54, 1.807) is 6.92 Å². The SMILES string of the molecule is CCC(OC)C(=O)Nc1cc(C(=O)O)cc(S(C)(=O)=O)c1. The van der Waals surface area contributed by atoms with E-state index < -0.39 is 27.8 Å². The number of ether oxygens (including phenoxy) is 1. The van der Waals surface area contributed by atoms with Crippen LogP contribution in [0.2, 0.25) is 0 Å². The number of sulfone groups is 1. The van der Waals surface area contributed by atoms with Crippen molar-refractivity contribution in [3.63, 3.8) is 0 Å². The van der Waals surface area contributed by atoms with E-state index in [2.05, 4.69) is 5.32 Å². The molecule has 0 bridgehead atoms. The van der Waals surface area contributed by atoms with Crippen LogP contribution >= 0.6 is 0 Å². The summed E-state index contributed by atoms with van der Waals surface area (Å²) in [6, 6.07) is 3.44. The standard InChI is InChI=1S/C13H17NO6S/c1-4-11(20-2)12(15)14-9-5-8(13(16)17)6-10(7-9)21(3,18)19/h5-7,11H,4H2,1-3H3,(H,14,15)(H,16,17). The van der Waals surface area contributed by atoms with Crippen LogP contribution in [-0.2, 0) is 19.4 Å². The van der Waals surface area contributed by atoms with Gasteiger partial charge in [0.05, 0.1) is 10.5 Å². The maximum atomic E-state index is 11.9. The Morgan fingerprint density at radius 2 is 1.95 bits per heavy atom. The maximum Gasteiger partial charge on any atom is 0.335 e. The Labute approximate surface area is 122 Å². The molecule has 116 valence electrons. The lowest BCUT2D eigenvalue weighted by Gasteiger charge is -2.14. The Morgan fingerprint density at radius 1 is 1.33 bits per heavy atom. The molecule has 1 rings (SSSR count). The zero-order valence-electron chi connectivity index (χ0n) is 11.9. The first-order valence-corrected chi connectivity index (χ1v) is 8.00. The molecular formula is C13H17NO6S. The van der Waals surface area contributed by atoms with Crippen molar-refractivity contribution in [1.29, 1.82) is 0 Å². The van der Waals surface area contributed by atoms with E-state index in [-0.39, 0.29) is 16.1 Å². The lowest BCUT2D eigenvalue weighted by atomic mass is 10.2.